The standard InChI is InChI=1S/C20H36N2O7S2/c1-20(2,16-21(3)9-10-27-13-14-28-12-11-26-4)31-30-15-5-6-19(25)29-22-17(23)7-8-18(22)24/h5-16H2,1-4H3. The summed E-state index contributed by atoms with van der Waals surface area (Å²) >= 11 is 0. The van der Waals surface area contributed by atoms with Gasteiger partial charge in [-0.15, -0.1) is 5.06 Å². The summed E-state index contributed by atoms with van der Waals surface area (Å²) in [6, 6.07) is 0. The van der Waals surface area contributed by atoms with Crippen LogP contribution in [0.2, 0.25) is 0 Å². The van der Waals surface area contributed by atoms with Crippen molar-refractivity contribution in [3.05, 3.63) is 0 Å². The number of nitrogens with zero attached hydrogens (tertiary/aromatic N) is 2. The van der Waals surface area contributed by atoms with Gasteiger partial charge in [-0.25, -0.2) is 4.79 Å². The van der Waals surface area contributed by atoms with Crippen LogP contribution in [0.1, 0.15) is 39.5 Å². The third kappa shape index (κ3) is 13.3. The molecule has 0 aromatic carbocycles. The van der Waals surface area contributed by atoms with Gasteiger partial charge in [0.15, 0.2) is 0 Å². The number of hydroxylamine groups is 2. The van der Waals surface area contributed by atoms with Crippen LogP contribution < -0.4 is 0 Å². The molecule has 0 aromatic rings. The molecule has 1 fully saturated rings. The van der Waals surface area contributed by atoms with E-state index in [1.54, 1.807) is 28.7 Å². The number of imide groups is 1. The smallest absolute Gasteiger partial charge is 0.333 e. The molecule has 0 aromatic heterocycles. The molecule has 1 saturated heterocycles. The van der Waals surface area contributed by atoms with Crippen molar-refractivity contribution < 1.29 is 33.4 Å². The van der Waals surface area contributed by atoms with E-state index in [4.69, 9.17) is 19.0 Å². The van der Waals surface area contributed by atoms with Crippen LogP contribution in [-0.4, -0.2) is 98.5 Å². The summed E-state index contributed by atoms with van der Waals surface area (Å²) in [7, 11) is 7.20. The predicted molar refractivity (Wildman–Crippen MR) is 122 cm³/mol. The molecule has 11 heteroatoms. The number of carbonyl (C=O) groups is 3. The van der Waals surface area contributed by atoms with Crippen molar-refractivity contribution in [1.82, 2.24) is 9.96 Å². The van der Waals surface area contributed by atoms with Gasteiger partial charge >= 0.3 is 5.97 Å². The Balaban J connectivity index is 2.05. The molecule has 0 spiro atoms. The van der Waals surface area contributed by atoms with Crippen LogP contribution in [-0.2, 0) is 33.4 Å². The third-order valence-corrected chi connectivity index (χ3v) is 7.52. The largest absolute Gasteiger partial charge is 0.382 e. The molecule has 0 radical (unpaired) electrons. The van der Waals surface area contributed by atoms with Gasteiger partial charge in [0.05, 0.1) is 33.0 Å². The van der Waals surface area contributed by atoms with Crippen LogP contribution in [0.15, 0.2) is 0 Å². The molecule has 0 bridgehead atoms. The van der Waals surface area contributed by atoms with Gasteiger partial charge in [0.25, 0.3) is 11.8 Å². The van der Waals surface area contributed by atoms with Crippen molar-refractivity contribution >= 4 is 39.4 Å². The number of rotatable bonds is 18. The van der Waals surface area contributed by atoms with E-state index in [2.05, 4.69) is 25.8 Å². The second kappa shape index (κ2) is 15.9. The van der Waals surface area contributed by atoms with Gasteiger partial charge in [-0.2, -0.15) is 0 Å². The van der Waals surface area contributed by atoms with Gasteiger partial charge in [-0.3, -0.25) is 9.59 Å². The molecule has 1 aliphatic rings. The lowest BCUT2D eigenvalue weighted by Gasteiger charge is -2.29. The second-order valence-corrected chi connectivity index (χ2v) is 10.9. The van der Waals surface area contributed by atoms with E-state index in [1.165, 1.54) is 0 Å². The first-order chi connectivity index (χ1) is 14.7. The quantitative estimate of drug-likeness (QED) is 0.165. The minimum atomic E-state index is -0.544. The minimum absolute atomic E-state index is 0.0393. The predicted octanol–water partition coefficient (Wildman–Crippen LogP) is 2.15. The summed E-state index contributed by atoms with van der Waals surface area (Å²) < 4.78 is 15.9. The molecule has 31 heavy (non-hydrogen) atoms. The fourth-order valence-electron chi connectivity index (χ4n) is 2.72. The van der Waals surface area contributed by atoms with Gasteiger partial charge in [-0.05, 0) is 27.3 Å². The van der Waals surface area contributed by atoms with Crippen LogP contribution in [0, 0.1) is 0 Å². The number of ether oxygens (including phenoxy) is 3. The first-order valence-electron chi connectivity index (χ1n) is 10.5. The maximum atomic E-state index is 11.8. The molecule has 0 unspecified atom stereocenters. The molecule has 0 atom stereocenters. The van der Waals surface area contributed by atoms with E-state index in [9.17, 15) is 14.4 Å². The van der Waals surface area contributed by atoms with Crippen molar-refractivity contribution in [2.75, 3.05) is 66.0 Å². The average molecular weight is 481 g/mol. The zero-order valence-corrected chi connectivity index (χ0v) is 20.7. The minimum Gasteiger partial charge on any atom is -0.382 e. The number of likely N-dealkylation sites (N-methyl/N-ethyl adjacent to an activating group) is 1. The van der Waals surface area contributed by atoms with Crippen LogP contribution in [0.4, 0.5) is 0 Å². The third-order valence-electron chi connectivity index (χ3n) is 4.16. The number of hydrogen-bond donors (Lipinski definition) is 0. The maximum absolute atomic E-state index is 11.8. The van der Waals surface area contributed by atoms with E-state index in [0.29, 0.717) is 44.5 Å². The van der Waals surface area contributed by atoms with Crippen molar-refractivity contribution in [2.45, 2.75) is 44.3 Å². The van der Waals surface area contributed by atoms with Crippen molar-refractivity contribution in [3.63, 3.8) is 0 Å². The Bertz CT molecular complexity index is 548. The molecular weight excluding hydrogens is 444 g/mol. The highest BCUT2D eigenvalue weighted by atomic mass is 33.1. The lowest BCUT2D eigenvalue weighted by Crippen LogP contribution is -2.35. The van der Waals surface area contributed by atoms with Crippen LogP contribution in [0.3, 0.4) is 0 Å². The molecule has 9 nitrogen and oxygen atoms in total. The zero-order valence-electron chi connectivity index (χ0n) is 19.1. The lowest BCUT2D eigenvalue weighted by molar-refractivity contribution is -0.197. The van der Waals surface area contributed by atoms with Gasteiger partial charge < -0.3 is 23.9 Å². The molecule has 0 aliphatic carbocycles. The van der Waals surface area contributed by atoms with Crippen molar-refractivity contribution in [1.29, 1.82) is 0 Å². The Hall–Kier alpha value is -0.850. The van der Waals surface area contributed by atoms with Crippen molar-refractivity contribution in [2.24, 2.45) is 0 Å². The fourth-order valence-corrected chi connectivity index (χ4v) is 5.38. The number of methoxy groups -OCH3 is 1. The highest BCUT2D eigenvalue weighted by molar-refractivity contribution is 8.77. The summed E-state index contributed by atoms with van der Waals surface area (Å²) in [5.41, 5.74) is 0. The number of carbonyl (C=O) groups excluding carboxylic acids is 3. The normalized spacial score (nSPS) is 14.7. The maximum Gasteiger partial charge on any atom is 0.333 e. The SMILES string of the molecule is COCCOCCOCCN(C)CC(C)(C)SSCCCC(=O)ON1C(=O)CCC1=O. The molecule has 0 saturated carbocycles. The Morgan fingerprint density at radius 3 is 2.32 bits per heavy atom. The highest BCUT2D eigenvalue weighted by Gasteiger charge is 2.32. The Labute approximate surface area is 193 Å². The topological polar surface area (TPSA) is 94.6 Å². The molecule has 1 heterocycles. The molecule has 1 aliphatic heterocycles. The zero-order chi connectivity index (χ0) is 23.1. The van der Waals surface area contributed by atoms with Gasteiger partial charge in [0.1, 0.15) is 0 Å². The Morgan fingerprint density at radius 1 is 1.06 bits per heavy atom. The van der Waals surface area contributed by atoms with E-state index >= 15 is 0 Å². The second-order valence-electron chi connectivity index (χ2n) is 7.77. The molecule has 0 N–H and O–H groups in total. The monoisotopic (exact) mass is 480 g/mol. The van der Waals surface area contributed by atoms with E-state index in [-0.39, 0.29) is 24.0 Å². The van der Waals surface area contributed by atoms with E-state index in [1.807, 2.05) is 0 Å². The van der Waals surface area contributed by atoms with Crippen LogP contribution in [0.25, 0.3) is 0 Å². The average Bonchev–Trinajstić information content (AvgIpc) is 3.01. The fraction of sp³-hybridized carbons (Fsp3) is 0.850. The Kier molecular flexibility index (Phi) is 14.4. The lowest BCUT2D eigenvalue weighted by atomic mass is 10.2. The molecule has 180 valence electrons. The van der Waals surface area contributed by atoms with E-state index < -0.39 is 17.8 Å². The van der Waals surface area contributed by atoms with Crippen LogP contribution in [0.5, 0.6) is 0 Å². The van der Waals surface area contributed by atoms with Crippen molar-refractivity contribution in [3.8, 4) is 0 Å². The van der Waals surface area contributed by atoms with Crippen LogP contribution >= 0.6 is 21.6 Å². The van der Waals surface area contributed by atoms with Gasteiger partial charge in [0.2, 0.25) is 0 Å². The highest BCUT2D eigenvalue weighted by Crippen LogP contribution is 2.36. The number of amides is 2. The summed E-state index contributed by atoms with van der Waals surface area (Å²) in [6.07, 6.45) is 1.02. The summed E-state index contributed by atoms with van der Waals surface area (Å²) in [5.74, 6) is -0.664. The summed E-state index contributed by atoms with van der Waals surface area (Å²) in [5, 5.41) is 0.599. The Morgan fingerprint density at radius 2 is 1.68 bits per heavy atom. The number of hydrogen-bond acceptors (Lipinski definition) is 10. The molecule has 2 amide bonds. The summed E-state index contributed by atoms with van der Waals surface area (Å²) in [4.78, 5) is 41.8. The first-order valence-corrected chi connectivity index (χ1v) is 12.8. The van der Waals surface area contributed by atoms with E-state index in [0.717, 1.165) is 18.8 Å². The first kappa shape index (κ1) is 28.2. The van der Waals surface area contributed by atoms with Gasteiger partial charge in [-0.1, -0.05) is 21.6 Å². The molecule has 1 rings (SSSR count). The summed E-state index contributed by atoms with van der Waals surface area (Å²) in [6.45, 7) is 9.10. The molecular formula is C20H36N2O7S2. The van der Waals surface area contributed by atoms with Gasteiger partial charge in [0, 0.05) is 50.0 Å².